The number of hydrogen-bond acceptors (Lipinski definition) is 2. The summed E-state index contributed by atoms with van der Waals surface area (Å²) in [6, 6.07) is 7.75. The summed E-state index contributed by atoms with van der Waals surface area (Å²) in [5.41, 5.74) is 1.38. The molecule has 5 rings (SSSR count). The molecule has 4 bridgehead atoms. The lowest BCUT2D eigenvalue weighted by Gasteiger charge is -2.56. The third-order valence-corrected chi connectivity index (χ3v) is 6.32. The van der Waals surface area contributed by atoms with E-state index in [0.29, 0.717) is 5.41 Å². The van der Waals surface area contributed by atoms with Gasteiger partial charge in [-0.3, -0.25) is 4.79 Å². The number of rotatable bonds is 5. The van der Waals surface area contributed by atoms with Crippen molar-refractivity contribution in [2.24, 2.45) is 23.2 Å². The van der Waals surface area contributed by atoms with E-state index in [2.05, 4.69) is 5.32 Å². The molecule has 3 heteroatoms. The van der Waals surface area contributed by atoms with Crippen molar-refractivity contribution in [3.63, 3.8) is 0 Å². The molecule has 4 saturated carbocycles. The van der Waals surface area contributed by atoms with Crippen LogP contribution in [0.2, 0.25) is 0 Å². The fourth-order valence-electron chi connectivity index (χ4n) is 5.76. The number of amides is 1. The normalized spacial score (nSPS) is 33.8. The minimum absolute atomic E-state index is 0.0218. The topological polar surface area (TPSA) is 38.3 Å². The van der Waals surface area contributed by atoms with Gasteiger partial charge < -0.3 is 10.1 Å². The summed E-state index contributed by atoms with van der Waals surface area (Å²) < 4.78 is 5.21. The fourth-order valence-corrected chi connectivity index (χ4v) is 5.76. The molecule has 1 N–H and O–H groups in total. The zero-order valence-electron chi connectivity index (χ0n) is 14.5. The van der Waals surface area contributed by atoms with Gasteiger partial charge in [0.1, 0.15) is 5.75 Å². The first-order valence-electron chi connectivity index (χ1n) is 9.24. The molecule has 0 atom stereocenters. The van der Waals surface area contributed by atoms with Crippen LogP contribution in [0.4, 0.5) is 0 Å². The first-order valence-corrected chi connectivity index (χ1v) is 9.24. The van der Waals surface area contributed by atoms with E-state index in [1.807, 2.05) is 30.3 Å². The molecule has 0 aliphatic heterocycles. The van der Waals surface area contributed by atoms with E-state index in [4.69, 9.17) is 4.74 Å². The van der Waals surface area contributed by atoms with E-state index >= 15 is 0 Å². The lowest BCUT2D eigenvalue weighted by atomic mass is 9.49. The van der Waals surface area contributed by atoms with Gasteiger partial charge >= 0.3 is 0 Å². The van der Waals surface area contributed by atoms with E-state index in [1.54, 1.807) is 13.2 Å². The van der Waals surface area contributed by atoms with Gasteiger partial charge in [-0.1, -0.05) is 12.1 Å². The lowest BCUT2D eigenvalue weighted by molar-refractivity contribution is -0.118. The van der Waals surface area contributed by atoms with Crippen molar-refractivity contribution in [1.29, 1.82) is 0 Å². The fraction of sp³-hybridized carbons (Fsp3) is 0.571. The summed E-state index contributed by atoms with van der Waals surface area (Å²) in [4.78, 5) is 12.2. The maximum atomic E-state index is 12.2. The Morgan fingerprint density at radius 1 is 1.21 bits per heavy atom. The second-order valence-electron chi connectivity index (χ2n) is 8.25. The molecule has 4 aliphatic carbocycles. The van der Waals surface area contributed by atoms with Gasteiger partial charge in [-0.25, -0.2) is 0 Å². The second-order valence-corrected chi connectivity index (χ2v) is 8.25. The molecular weight excluding hydrogens is 298 g/mol. The average molecular weight is 325 g/mol. The number of benzene rings is 1. The molecule has 0 aromatic heterocycles. The predicted octanol–water partition coefficient (Wildman–Crippen LogP) is 4.04. The number of carbonyl (C=O) groups is 1. The Labute approximate surface area is 144 Å². The zero-order valence-corrected chi connectivity index (χ0v) is 14.5. The summed E-state index contributed by atoms with van der Waals surface area (Å²) in [7, 11) is 1.65. The van der Waals surface area contributed by atoms with Crippen LogP contribution in [0.15, 0.2) is 30.3 Å². The Kier molecular flexibility index (Phi) is 4.11. The lowest BCUT2D eigenvalue weighted by Crippen LogP contribution is -2.51. The van der Waals surface area contributed by atoms with Crippen LogP contribution >= 0.6 is 0 Å². The highest BCUT2D eigenvalue weighted by Gasteiger charge is 2.50. The van der Waals surface area contributed by atoms with Gasteiger partial charge in [0.2, 0.25) is 5.91 Å². The molecule has 1 amide bonds. The standard InChI is InChI=1S/C21H27NO2/c1-24-19-4-2-3-15(10-19)5-6-20(23)22-14-21-11-16-7-17(12-21)9-18(8-16)13-21/h2-6,10,16-18H,7-9,11-14H2,1H3,(H,22,23)/b6-5+. The number of carbonyl (C=O) groups excluding carboxylic acids is 1. The van der Waals surface area contributed by atoms with Crippen LogP contribution in [0.25, 0.3) is 6.08 Å². The maximum Gasteiger partial charge on any atom is 0.244 e. The highest BCUT2D eigenvalue weighted by Crippen LogP contribution is 2.59. The number of hydrogen-bond donors (Lipinski definition) is 1. The van der Waals surface area contributed by atoms with Crippen LogP contribution in [0.1, 0.15) is 44.1 Å². The zero-order chi connectivity index (χ0) is 16.6. The maximum absolute atomic E-state index is 12.2. The van der Waals surface area contributed by atoms with Crippen LogP contribution < -0.4 is 10.1 Å². The van der Waals surface area contributed by atoms with Crippen molar-refractivity contribution in [3.05, 3.63) is 35.9 Å². The van der Waals surface area contributed by atoms with Gasteiger partial charge in [0.25, 0.3) is 0 Å². The average Bonchev–Trinajstić information content (AvgIpc) is 2.57. The van der Waals surface area contributed by atoms with E-state index in [9.17, 15) is 4.79 Å². The van der Waals surface area contributed by atoms with Crippen molar-refractivity contribution < 1.29 is 9.53 Å². The van der Waals surface area contributed by atoms with Gasteiger partial charge in [0.15, 0.2) is 0 Å². The molecule has 24 heavy (non-hydrogen) atoms. The molecule has 128 valence electrons. The minimum atomic E-state index is 0.0218. The van der Waals surface area contributed by atoms with Gasteiger partial charge in [-0.2, -0.15) is 0 Å². The van der Waals surface area contributed by atoms with Crippen LogP contribution in [0.3, 0.4) is 0 Å². The van der Waals surface area contributed by atoms with Gasteiger partial charge in [-0.05, 0) is 85.5 Å². The third-order valence-electron chi connectivity index (χ3n) is 6.32. The first-order chi connectivity index (χ1) is 11.6. The molecule has 3 nitrogen and oxygen atoms in total. The molecule has 0 unspecified atom stereocenters. The first kappa shape index (κ1) is 15.7. The summed E-state index contributed by atoms with van der Waals surface area (Å²) >= 11 is 0. The van der Waals surface area contributed by atoms with E-state index < -0.39 is 0 Å². The largest absolute Gasteiger partial charge is 0.497 e. The molecule has 0 spiro atoms. The highest BCUT2D eigenvalue weighted by atomic mass is 16.5. The van der Waals surface area contributed by atoms with Crippen molar-refractivity contribution in [2.75, 3.05) is 13.7 Å². The number of methoxy groups -OCH3 is 1. The van der Waals surface area contributed by atoms with Gasteiger partial charge in [0, 0.05) is 12.6 Å². The van der Waals surface area contributed by atoms with Crippen molar-refractivity contribution in [1.82, 2.24) is 5.32 Å². The molecule has 0 radical (unpaired) electrons. The van der Waals surface area contributed by atoms with E-state index in [1.165, 1.54) is 38.5 Å². The van der Waals surface area contributed by atoms with E-state index in [0.717, 1.165) is 35.6 Å². The molecule has 4 aliphatic rings. The Balaban J connectivity index is 1.34. The minimum Gasteiger partial charge on any atom is -0.497 e. The van der Waals surface area contributed by atoms with Gasteiger partial charge in [-0.15, -0.1) is 0 Å². The molecule has 0 heterocycles. The Morgan fingerprint density at radius 2 is 1.88 bits per heavy atom. The second kappa shape index (κ2) is 6.27. The molecule has 1 aromatic rings. The van der Waals surface area contributed by atoms with Crippen molar-refractivity contribution in [3.8, 4) is 5.75 Å². The van der Waals surface area contributed by atoms with Crippen molar-refractivity contribution in [2.45, 2.75) is 38.5 Å². The van der Waals surface area contributed by atoms with Crippen LogP contribution in [0.5, 0.6) is 5.75 Å². The van der Waals surface area contributed by atoms with Crippen LogP contribution in [-0.2, 0) is 4.79 Å². The highest BCUT2D eigenvalue weighted by molar-refractivity contribution is 5.91. The Morgan fingerprint density at radius 3 is 2.50 bits per heavy atom. The van der Waals surface area contributed by atoms with Crippen LogP contribution in [0, 0.1) is 23.2 Å². The Hall–Kier alpha value is -1.77. The SMILES string of the molecule is COc1cccc(/C=C/C(=O)NCC23CC4CC(CC(C4)C2)C3)c1. The van der Waals surface area contributed by atoms with Crippen LogP contribution in [-0.4, -0.2) is 19.6 Å². The van der Waals surface area contributed by atoms with Gasteiger partial charge in [0.05, 0.1) is 7.11 Å². The molecule has 1 aromatic carbocycles. The Bertz CT molecular complexity index is 614. The summed E-state index contributed by atoms with van der Waals surface area (Å²) in [5.74, 6) is 3.63. The smallest absolute Gasteiger partial charge is 0.244 e. The summed E-state index contributed by atoms with van der Waals surface area (Å²) in [5, 5.41) is 3.18. The predicted molar refractivity (Wildman–Crippen MR) is 95.6 cm³/mol. The number of ether oxygens (including phenoxy) is 1. The number of nitrogens with one attached hydrogen (secondary N) is 1. The summed E-state index contributed by atoms with van der Waals surface area (Å²) in [6.45, 7) is 0.859. The third kappa shape index (κ3) is 3.22. The van der Waals surface area contributed by atoms with Crippen molar-refractivity contribution >= 4 is 12.0 Å². The molecule has 0 saturated heterocycles. The monoisotopic (exact) mass is 325 g/mol. The van der Waals surface area contributed by atoms with E-state index in [-0.39, 0.29) is 5.91 Å². The molecular formula is C21H27NO2. The molecule has 4 fully saturated rings. The quantitative estimate of drug-likeness (QED) is 0.830. The summed E-state index contributed by atoms with van der Waals surface area (Å²) in [6.07, 6.45) is 11.8.